The Bertz CT molecular complexity index is 389. The molecule has 0 radical (unpaired) electrons. The van der Waals surface area contributed by atoms with Gasteiger partial charge in [-0.2, -0.15) is 0 Å². The Morgan fingerprint density at radius 3 is 2.94 bits per heavy atom. The van der Waals surface area contributed by atoms with Crippen LogP contribution in [0.25, 0.3) is 0 Å². The number of nitrogens with one attached hydrogen (secondary N) is 1. The summed E-state index contributed by atoms with van der Waals surface area (Å²) in [6.07, 6.45) is 4.67. The van der Waals surface area contributed by atoms with Crippen LogP contribution in [0.2, 0.25) is 0 Å². The van der Waals surface area contributed by atoms with Crippen LogP contribution in [-0.2, 0) is 14.6 Å². The Balaban J connectivity index is 2.09. The lowest BCUT2D eigenvalue weighted by Crippen LogP contribution is -2.39. The van der Waals surface area contributed by atoms with Gasteiger partial charge in [-0.15, -0.1) is 0 Å². The van der Waals surface area contributed by atoms with Gasteiger partial charge in [0.1, 0.15) is 0 Å². The number of hydrogen-bond donors (Lipinski definition) is 1. The fourth-order valence-electron chi connectivity index (χ4n) is 2.72. The zero-order chi connectivity index (χ0) is 12.3. The van der Waals surface area contributed by atoms with Crippen molar-refractivity contribution in [2.24, 2.45) is 5.92 Å². The molecule has 2 unspecified atom stereocenters. The highest BCUT2D eigenvalue weighted by molar-refractivity contribution is 7.91. The highest BCUT2D eigenvalue weighted by Gasteiger charge is 2.35. The third kappa shape index (κ3) is 3.22. The quantitative estimate of drug-likeness (QED) is 0.821. The van der Waals surface area contributed by atoms with Crippen molar-refractivity contribution in [3.05, 3.63) is 11.8 Å². The molecule has 1 N–H and O–H groups in total. The monoisotopic (exact) mass is 259 g/mol. The second-order valence-electron chi connectivity index (χ2n) is 4.87. The van der Waals surface area contributed by atoms with Gasteiger partial charge < -0.3 is 10.1 Å². The number of rotatable bonds is 4. The molecule has 17 heavy (non-hydrogen) atoms. The van der Waals surface area contributed by atoms with E-state index in [-0.39, 0.29) is 12.0 Å². The van der Waals surface area contributed by atoms with E-state index >= 15 is 0 Å². The molecule has 0 aromatic rings. The number of hydrogen-bond acceptors (Lipinski definition) is 4. The molecule has 0 bridgehead atoms. The van der Waals surface area contributed by atoms with Crippen molar-refractivity contribution < 1.29 is 13.2 Å². The summed E-state index contributed by atoms with van der Waals surface area (Å²) in [5.41, 5.74) is 1.24. The van der Waals surface area contributed by atoms with Crippen LogP contribution in [0, 0.1) is 5.92 Å². The minimum absolute atomic E-state index is 0.178. The summed E-state index contributed by atoms with van der Waals surface area (Å²) in [5.74, 6) is 0.878. The van der Waals surface area contributed by atoms with E-state index in [1.807, 2.05) is 6.26 Å². The van der Waals surface area contributed by atoms with Gasteiger partial charge in [-0.1, -0.05) is 6.92 Å². The van der Waals surface area contributed by atoms with Gasteiger partial charge in [0, 0.05) is 6.04 Å². The summed E-state index contributed by atoms with van der Waals surface area (Å²) in [5, 5.41) is 3.42. The second-order valence-corrected chi connectivity index (χ2v) is 7.09. The van der Waals surface area contributed by atoms with Crippen LogP contribution in [0.5, 0.6) is 0 Å². The molecular weight excluding hydrogens is 238 g/mol. The van der Waals surface area contributed by atoms with Crippen molar-refractivity contribution in [1.82, 2.24) is 5.32 Å². The normalized spacial score (nSPS) is 29.5. The summed E-state index contributed by atoms with van der Waals surface area (Å²) in [6, 6.07) is 0.178. The molecule has 0 amide bonds. The molecule has 0 aliphatic carbocycles. The molecule has 0 aromatic heterocycles. The highest BCUT2D eigenvalue weighted by atomic mass is 32.2. The van der Waals surface area contributed by atoms with Crippen molar-refractivity contribution in [3.8, 4) is 0 Å². The molecule has 2 atom stereocenters. The average Bonchev–Trinajstić information content (AvgIpc) is 2.67. The lowest BCUT2D eigenvalue weighted by atomic mass is 9.90. The van der Waals surface area contributed by atoms with Crippen LogP contribution < -0.4 is 5.32 Å². The topological polar surface area (TPSA) is 55.4 Å². The molecule has 0 spiro atoms. The lowest BCUT2D eigenvalue weighted by molar-refractivity contribution is 0.215. The number of likely N-dealkylation sites (N-methyl/N-ethyl adjacent to an activating group) is 1. The van der Waals surface area contributed by atoms with Crippen LogP contribution in [-0.4, -0.2) is 39.1 Å². The van der Waals surface area contributed by atoms with E-state index in [0.29, 0.717) is 11.5 Å². The Hall–Kier alpha value is -0.550. The van der Waals surface area contributed by atoms with Gasteiger partial charge in [-0.05, 0) is 37.3 Å². The Labute approximate surface area is 103 Å². The van der Waals surface area contributed by atoms with Gasteiger partial charge in [0.25, 0.3) is 0 Å². The van der Waals surface area contributed by atoms with E-state index in [0.717, 1.165) is 32.4 Å². The van der Waals surface area contributed by atoms with Crippen LogP contribution in [0.1, 0.15) is 26.2 Å². The predicted octanol–water partition coefficient (Wildman–Crippen LogP) is 1.09. The first-order valence-electron chi connectivity index (χ1n) is 6.37. The highest BCUT2D eigenvalue weighted by Crippen LogP contribution is 2.28. The first-order chi connectivity index (χ1) is 8.12. The molecule has 1 fully saturated rings. The number of ether oxygens (including phenoxy) is 1. The molecule has 2 heterocycles. The van der Waals surface area contributed by atoms with Gasteiger partial charge in [-0.3, -0.25) is 0 Å². The van der Waals surface area contributed by atoms with Crippen molar-refractivity contribution in [1.29, 1.82) is 0 Å². The third-order valence-electron chi connectivity index (χ3n) is 3.52. The summed E-state index contributed by atoms with van der Waals surface area (Å²) in [6.45, 7) is 3.70. The lowest BCUT2D eigenvalue weighted by Gasteiger charge is -2.28. The van der Waals surface area contributed by atoms with Crippen LogP contribution in [0.3, 0.4) is 0 Å². The maximum atomic E-state index is 11.6. The SMILES string of the molecule is CCNC(C1=COCCC1)C1CCS(=O)(=O)C1. The summed E-state index contributed by atoms with van der Waals surface area (Å²) in [7, 11) is -2.81. The smallest absolute Gasteiger partial charge is 0.150 e. The van der Waals surface area contributed by atoms with Gasteiger partial charge >= 0.3 is 0 Å². The van der Waals surface area contributed by atoms with Crippen molar-refractivity contribution >= 4 is 9.84 Å². The summed E-state index contributed by atoms with van der Waals surface area (Å²) in [4.78, 5) is 0. The van der Waals surface area contributed by atoms with Gasteiger partial charge in [0.2, 0.25) is 0 Å². The molecule has 98 valence electrons. The maximum Gasteiger partial charge on any atom is 0.150 e. The molecule has 1 saturated heterocycles. The van der Waals surface area contributed by atoms with E-state index < -0.39 is 9.84 Å². The van der Waals surface area contributed by atoms with E-state index in [9.17, 15) is 8.42 Å². The van der Waals surface area contributed by atoms with E-state index in [1.54, 1.807) is 0 Å². The maximum absolute atomic E-state index is 11.6. The summed E-state index contributed by atoms with van der Waals surface area (Å²) >= 11 is 0. The van der Waals surface area contributed by atoms with Crippen LogP contribution >= 0.6 is 0 Å². The van der Waals surface area contributed by atoms with E-state index in [1.165, 1.54) is 5.57 Å². The Morgan fingerprint density at radius 2 is 2.41 bits per heavy atom. The Kier molecular flexibility index (Phi) is 4.09. The molecule has 4 nitrogen and oxygen atoms in total. The third-order valence-corrected chi connectivity index (χ3v) is 5.32. The fourth-order valence-corrected chi connectivity index (χ4v) is 4.56. The predicted molar refractivity (Wildman–Crippen MR) is 67.5 cm³/mol. The fraction of sp³-hybridized carbons (Fsp3) is 0.833. The van der Waals surface area contributed by atoms with Crippen molar-refractivity contribution in [3.63, 3.8) is 0 Å². The van der Waals surface area contributed by atoms with Crippen molar-refractivity contribution in [2.75, 3.05) is 24.7 Å². The van der Waals surface area contributed by atoms with Gasteiger partial charge in [0.15, 0.2) is 9.84 Å². The molecule has 0 aromatic carbocycles. The summed E-state index contributed by atoms with van der Waals surface area (Å²) < 4.78 is 28.5. The van der Waals surface area contributed by atoms with E-state index in [4.69, 9.17) is 4.74 Å². The molecule has 5 heteroatoms. The van der Waals surface area contributed by atoms with Crippen LogP contribution in [0.4, 0.5) is 0 Å². The average molecular weight is 259 g/mol. The molecule has 2 aliphatic heterocycles. The minimum Gasteiger partial charge on any atom is -0.501 e. The van der Waals surface area contributed by atoms with Crippen molar-refractivity contribution in [2.45, 2.75) is 32.2 Å². The molecular formula is C12H21NO3S. The first kappa shape index (κ1) is 12.9. The molecule has 0 saturated carbocycles. The largest absolute Gasteiger partial charge is 0.501 e. The van der Waals surface area contributed by atoms with Crippen LogP contribution in [0.15, 0.2) is 11.8 Å². The van der Waals surface area contributed by atoms with Gasteiger partial charge in [-0.25, -0.2) is 8.42 Å². The molecule has 2 rings (SSSR count). The Morgan fingerprint density at radius 1 is 1.59 bits per heavy atom. The first-order valence-corrected chi connectivity index (χ1v) is 8.19. The zero-order valence-corrected chi connectivity index (χ0v) is 11.1. The second kappa shape index (κ2) is 5.40. The zero-order valence-electron chi connectivity index (χ0n) is 10.3. The standard InChI is InChI=1S/C12H21NO3S/c1-2-13-12(10-4-3-6-16-8-10)11-5-7-17(14,15)9-11/h8,11-13H,2-7,9H2,1H3. The molecule has 2 aliphatic rings. The minimum atomic E-state index is -2.81. The van der Waals surface area contributed by atoms with E-state index in [2.05, 4.69) is 12.2 Å². The van der Waals surface area contributed by atoms with Gasteiger partial charge in [0.05, 0.1) is 24.4 Å². The number of sulfone groups is 1.